The molecule has 1 aromatic heterocycles. The molecule has 0 radical (unpaired) electrons. The minimum absolute atomic E-state index is 0.0659. The second-order valence-electron chi connectivity index (χ2n) is 7.19. The lowest BCUT2D eigenvalue weighted by molar-refractivity contribution is -0.129. The van der Waals surface area contributed by atoms with E-state index in [1.54, 1.807) is 14.0 Å². The number of rotatable bonds is 7. The van der Waals surface area contributed by atoms with Crippen molar-refractivity contribution in [1.82, 2.24) is 14.8 Å². The maximum absolute atomic E-state index is 12.6. The lowest BCUT2D eigenvalue weighted by atomic mass is 10.1. The number of hydrogen-bond donors (Lipinski definition) is 1. The number of ether oxygens (including phenoxy) is 2. The van der Waals surface area contributed by atoms with E-state index in [9.17, 15) is 14.4 Å². The third kappa shape index (κ3) is 4.07. The number of barbiturate groups is 1. The third-order valence-electron chi connectivity index (χ3n) is 5.28. The number of para-hydroxylation sites is 1. The molecular formula is C24H23N3O5. The molecule has 0 atom stereocenters. The van der Waals surface area contributed by atoms with Gasteiger partial charge < -0.3 is 14.0 Å². The van der Waals surface area contributed by atoms with Crippen LogP contribution in [0.1, 0.15) is 12.5 Å². The number of hydrogen-bond acceptors (Lipinski definition) is 5. The molecule has 0 bridgehead atoms. The number of amides is 4. The summed E-state index contributed by atoms with van der Waals surface area (Å²) >= 11 is 0. The van der Waals surface area contributed by atoms with Gasteiger partial charge in [0.25, 0.3) is 11.8 Å². The molecule has 32 heavy (non-hydrogen) atoms. The zero-order valence-corrected chi connectivity index (χ0v) is 17.8. The highest BCUT2D eigenvalue weighted by atomic mass is 16.5. The van der Waals surface area contributed by atoms with Gasteiger partial charge in [0.1, 0.15) is 23.7 Å². The monoisotopic (exact) mass is 433 g/mol. The molecule has 1 aliphatic rings. The van der Waals surface area contributed by atoms with Gasteiger partial charge in [-0.05, 0) is 43.3 Å². The summed E-state index contributed by atoms with van der Waals surface area (Å²) in [6.45, 7) is 2.85. The Kier molecular flexibility index (Phi) is 5.93. The second-order valence-corrected chi connectivity index (χ2v) is 7.19. The van der Waals surface area contributed by atoms with Crippen LogP contribution in [0.4, 0.5) is 4.79 Å². The molecule has 2 heterocycles. The van der Waals surface area contributed by atoms with Crippen molar-refractivity contribution in [2.24, 2.45) is 0 Å². The van der Waals surface area contributed by atoms with Crippen LogP contribution in [-0.2, 0) is 16.1 Å². The molecule has 1 N–H and O–H groups in total. The van der Waals surface area contributed by atoms with Gasteiger partial charge in [-0.25, -0.2) is 4.79 Å². The van der Waals surface area contributed by atoms with Crippen LogP contribution in [0.2, 0.25) is 0 Å². The normalized spacial score (nSPS) is 15.4. The molecule has 0 aliphatic carbocycles. The SMILES string of the molecule is CCN1C(=O)NC(=O)C(=Cc2cn(CCOc3ccc(OC)cc3)c3ccccc23)C1=O. The fourth-order valence-corrected chi connectivity index (χ4v) is 3.65. The van der Waals surface area contributed by atoms with Crippen LogP contribution in [-0.4, -0.2) is 47.6 Å². The average molecular weight is 433 g/mol. The number of nitrogens with one attached hydrogen (secondary N) is 1. The van der Waals surface area contributed by atoms with Crippen LogP contribution >= 0.6 is 0 Å². The molecular weight excluding hydrogens is 410 g/mol. The van der Waals surface area contributed by atoms with Gasteiger partial charge >= 0.3 is 6.03 Å². The van der Waals surface area contributed by atoms with E-state index in [1.165, 1.54) is 6.08 Å². The highest BCUT2D eigenvalue weighted by Crippen LogP contribution is 2.25. The number of aromatic nitrogens is 1. The van der Waals surface area contributed by atoms with E-state index in [-0.39, 0.29) is 12.1 Å². The molecule has 0 spiro atoms. The van der Waals surface area contributed by atoms with E-state index in [0.717, 1.165) is 27.3 Å². The van der Waals surface area contributed by atoms with E-state index >= 15 is 0 Å². The molecule has 3 aromatic rings. The summed E-state index contributed by atoms with van der Waals surface area (Å²) in [5.74, 6) is 0.208. The zero-order chi connectivity index (χ0) is 22.7. The van der Waals surface area contributed by atoms with E-state index < -0.39 is 17.8 Å². The Hall–Kier alpha value is -4.07. The first-order valence-corrected chi connectivity index (χ1v) is 10.3. The van der Waals surface area contributed by atoms with Crippen LogP contribution in [0.3, 0.4) is 0 Å². The standard InChI is InChI=1S/C24H23N3O5/c1-3-27-23(29)20(22(28)25-24(27)30)14-16-15-26(21-7-5-4-6-19(16)21)12-13-32-18-10-8-17(31-2)9-11-18/h4-11,14-15H,3,12-13H2,1-2H3,(H,25,28,30). The molecule has 8 heteroatoms. The summed E-state index contributed by atoms with van der Waals surface area (Å²) in [4.78, 5) is 37.8. The van der Waals surface area contributed by atoms with Gasteiger partial charge in [0.15, 0.2) is 0 Å². The summed E-state index contributed by atoms with van der Waals surface area (Å²) in [6.07, 6.45) is 3.41. The molecule has 8 nitrogen and oxygen atoms in total. The van der Waals surface area contributed by atoms with Gasteiger partial charge in [-0.1, -0.05) is 18.2 Å². The van der Waals surface area contributed by atoms with E-state index in [2.05, 4.69) is 5.32 Å². The third-order valence-corrected chi connectivity index (χ3v) is 5.28. The minimum Gasteiger partial charge on any atom is -0.497 e. The first-order valence-electron chi connectivity index (χ1n) is 10.3. The molecule has 1 saturated heterocycles. The first-order chi connectivity index (χ1) is 15.5. The molecule has 0 saturated carbocycles. The summed E-state index contributed by atoms with van der Waals surface area (Å²) in [5.41, 5.74) is 1.60. The lowest BCUT2D eigenvalue weighted by Gasteiger charge is -2.24. The Morgan fingerprint density at radius 1 is 1.00 bits per heavy atom. The smallest absolute Gasteiger partial charge is 0.331 e. The number of likely N-dealkylation sites (N-methyl/N-ethyl adjacent to an activating group) is 1. The Balaban J connectivity index is 1.58. The maximum Gasteiger partial charge on any atom is 0.331 e. The average Bonchev–Trinajstić information content (AvgIpc) is 3.15. The van der Waals surface area contributed by atoms with Crippen molar-refractivity contribution in [3.8, 4) is 11.5 Å². The number of benzene rings is 2. The van der Waals surface area contributed by atoms with Crippen molar-refractivity contribution in [2.45, 2.75) is 13.5 Å². The number of methoxy groups -OCH3 is 1. The second kappa shape index (κ2) is 8.97. The van der Waals surface area contributed by atoms with Crippen molar-refractivity contribution in [3.05, 3.63) is 65.9 Å². The van der Waals surface area contributed by atoms with Crippen molar-refractivity contribution in [2.75, 3.05) is 20.3 Å². The Morgan fingerprint density at radius 2 is 1.72 bits per heavy atom. The van der Waals surface area contributed by atoms with Crippen LogP contribution in [0.15, 0.2) is 60.3 Å². The van der Waals surface area contributed by atoms with Gasteiger partial charge in [0.05, 0.1) is 13.7 Å². The fraction of sp³-hybridized carbons (Fsp3) is 0.208. The van der Waals surface area contributed by atoms with Crippen LogP contribution < -0.4 is 14.8 Å². The van der Waals surface area contributed by atoms with Crippen LogP contribution in [0.5, 0.6) is 11.5 Å². The lowest BCUT2D eigenvalue weighted by Crippen LogP contribution is -2.53. The van der Waals surface area contributed by atoms with Crippen molar-refractivity contribution >= 4 is 34.8 Å². The zero-order valence-electron chi connectivity index (χ0n) is 17.8. The van der Waals surface area contributed by atoms with Crippen molar-refractivity contribution in [1.29, 1.82) is 0 Å². The number of urea groups is 1. The number of fused-ring (bicyclic) bond motifs is 1. The molecule has 2 aromatic carbocycles. The number of carbonyl (C=O) groups excluding carboxylic acids is 3. The summed E-state index contributed by atoms with van der Waals surface area (Å²) in [5, 5.41) is 3.11. The highest BCUT2D eigenvalue weighted by molar-refractivity contribution is 6.31. The quantitative estimate of drug-likeness (QED) is 0.457. The largest absolute Gasteiger partial charge is 0.497 e. The summed E-state index contributed by atoms with van der Waals surface area (Å²) < 4.78 is 13.0. The predicted octanol–water partition coefficient (Wildman–Crippen LogP) is 3.21. The maximum atomic E-state index is 12.6. The Labute approximate surface area is 185 Å². The Bertz CT molecular complexity index is 1210. The van der Waals surface area contributed by atoms with Gasteiger partial charge in [-0.15, -0.1) is 0 Å². The van der Waals surface area contributed by atoms with Crippen LogP contribution in [0.25, 0.3) is 17.0 Å². The van der Waals surface area contributed by atoms with Crippen molar-refractivity contribution in [3.63, 3.8) is 0 Å². The van der Waals surface area contributed by atoms with E-state index in [0.29, 0.717) is 18.7 Å². The summed E-state index contributed by atoms with van der Waals surface area (Å²) in [6, 6.07) is 14.4. The summed E-state index contributed by atoms with van der Waals surface area (Å²) in [7, 11) is 1.61. The van der Waals surface area contributed by atoms with Gasteiger partial charge in [-0.3, -0.25) is 19.8 Å². The predicted molar refractivity (Wildman–Crippen MR) is 119 cm³/mol. The molecule has 164 valence electrons. The molecule has 1 aliphatic heterocycles. The highest BCUT2D eigenvalue weighted by Gasteiger charge is 2.34. The van der Waals surface area contributed by atoms with Crippen molar-refractivity contribution < 1.29 is 23.9 Å². The number of carbonyl (C=O) groups is 3. The topological polar surface area (TPSA) is 89.9 Å². The molecule has 4 amide bonds. The van der Waals surface area contributed by atoms with Gasteiger partial charge in [-0.2, -0.15) is 0 Å². The number of nitrogens with zero attached hydrogens (tertiary/aromatic N) is 2. The van der Waals surface area contributed by atoms with Gasteiger partial charge in [0, 0.05) is 29.2 Å². The Morgan fingerprint density at radius 3 is 2.44 bits per heavy atom. The molecule has 4 rings (SSSR count). The van der Waals surface area contributed by atoms with E-state index in [4.69, 9.17) is 9.47 Å². The van der Waals surface area contributed by atoms with E-state index in [1.807, 2.05) is 59.3 Å². The molecule has 1 fully saturated rings. The van der Waals surface area contributed by atoms with Gasteiger partial charge in [0.2, 0.25) is 0 Å². The minimum atomic E-state index is -0.697. The van der Waals surface area contributed by atoms with Crippen LogP contribution in [0, 0.1) is 0 Å². The fourth-order valence-electron chi connectivity index (χ4n) is 3.65. The number of imide groups is 2. The first kappa shape index (κ1) is 21.2. The molecule has 0 unspecified atom stereocenters.